The van der Waals surface area contributed by atoms with Crippen molar-refractivity contribution in [1.29, 1.82) is 0 Å². The Morgan fingerprint density at radius 3 is 2.68 bits per heavy atom. The molecule has 0 amide bonds. The lowest BCUT2D eigenvalue weighted by molar-refractivity contribution is -0.0973. The van der Waals surface area contributed by atoms with Crippen molar-refractivity contribution in [3.8, 4) is 0 Å². The van der Waals surface area contributed by atoms with Crippen LogP contribution in [-0.4, -0.2) is 61.8 Å². The molecular formula is C16H25N5O4. The molecule has 9 heteroatoms. The Bertz CT molecular complexity index is 720. The number of nitrogens with two attached hydrogens (primary N) is 1. The summed E-state index contributed by atoms with van der Waals surface area (Å²) in [6, 6.07) is 0. The van der Waals surface area contributed by atoms with Gasteiger partial charge >= 0.3 is 0 Å². The second-order valence-electron chi connectivity index (χ2n) is 6.67. The highest BCUT2D eigenvalue weighted by Crippen LogP contribution is 2.34. The summed E-state index contributed by atoms with van der Waals surface area (Å²) in [4.78, 5) is 12.4. The van der Waals surface area contributed by atoms with Crippen LogP contribution < -0.4 is 5.73 Å². The molecule has 3 N–H and O–H groups in total. The van der Waals surface area contributed by atoms with E-state index in [1.165, 1.54) is 6.33 Å². The average molecular weight is 351 g/mol. The number of nitrogen functional groups attached to an aromatic ring is 1. The molecule has 3 heterocycles. The van der Waals surface area contributed by atoms with Crippen molar-refractivity contribution in [3.05, 3.63) is 12.7 Å². The summed E-state index contributed by atoms with van der Waals surface area (Å²) in [5, 5.41) is 10.8. The van der Waals surface area contributed by atoms with E-state index in [-0.39, 0.29) is 18.0 Å². The molecule has 1 saturated heterocycles. The van der Waals surface area contributed by atoms with Crippen molar-refractivity contribution in [2.75, 3.05) is 12.3 Å². The third-order valence-electron chi connectivity index (χ3n) is 3.99. The Kier molecular flexibility index (Phi) is 5.19. The van der Waals surface area contributed by atoms with Crippen molar-refractivity contribution < 1.29 is 19.3 Å². The normalized spacial score (nSPS) is 27.0. The van der Waals surface area contributed by atoms with Crippen molar-refractivity contribution in [3.63, 3.8) is 0 Å². The molecule has 0 spiro atoms. The Hall–Kier alpha value is -1.81. The van der Waals surface area contributed by atoms with E-state index < -0.39 is 24.5 Å². The fraction of sp³-hybridized carbons (Fsp3) is 0.688. The van der Waals surface area contributed by atoms with E-state index in [0.29, 0.717) is 17.8 Å². The fourth-order valence-corrected chi connectivity index (χ4v) is 2.91. The molecule has 0 saturated carbocycles. The summed E-state index contributed by atoms with van der Waals surface area (Å²) in [7, 11) is 0. The maximum atomic E-state index is 10.8. The van der Waals surface area contributed by atoms with Crippen molar-refractivity contribution in [1.82, 2.24) is 19.5 Å². The number of anilines is 1. The van der Waals surface area contributed by atoms with Gasteiger partial charge in [0.25, 0.3) is 0 Å². The monoisotopic (exact) mass is 351 g/mol. The van der Waals surface area contributed by atoms with Gasteiger partial charge in [-0.3, -0.25) is 4.57 Å². The molecule has 1 aliphatic rings. The van der Waals surface area contributed by atoms with Crippen molar-refractivity contribution in [2.24, 2.45) is 0 Å². The predicted molar refractivity (Wildman–Crippen MR) is 90.7 cm³/mol. The quantitative estimate of drug-likeness (QED) is 0.788. The maximum absolute atomic E-state index is 10.8. The van der Waals surface area contributed by atoms with Crippen molar-refractivity contribution in [2.45, 2.75) is 64.4 Å². The first-order chi connectivity index (χ1) is 11.9. The first-order valence-electron chi connectivity index (χ1n) is 8.42. The number of ether oxygens (including phenoxy) is 3. The number of hydrogen-bond acceptors (Lipinski definition) is 8. The average Bonchev–Trinajstić information content (AvgIpc) is 3.09. The maximum Gasteiger partial charge on any atom is 0.167 e. The number of fused-ring (bicyclic) bond motifs is 1. The second kappa shape index (κ2) is 7.20. The number of rotatable bonds is 6. The van der Waals surface area contributed by atoms with Gasteiger partial charge in [-0.25, -0.2) is 15.0 Å². The number of hydrogen-bond donors (Lipinski definition) is 2. The molecule has 138 valence electrons. The molecule has 0 aliphatic carbocycles. The minimum atomic E-state index is -0.892. The van der Waals surface area contributed by atoms with Gasteiger partial charge < -0.3 is 25.1 Å². The molecule has 0 unspecified atom stereocenters. The first-order valence-corrected chi connectivity index (χ1v) is 8.42. The predicted octanol–water partition coefficient (Wildman–Crippen LogP) is 0.885. The Labute approximate surface area is 146 Å². The first kappa shape index (κ1) is 18.0. The molecule has 0 aromatic carbocycles. The Balaban J connectivity index is 1.89. The van der Waals surface area contributed by atoms with Crippen LogP contribution in [0.4, 0.5) is 5.82 Å². The van der Waals surface area contributed by atoms with Crippen LogP contribution in [0.5, 0.6) is 0 Å². The third kappa shape index (κ3) is 3.59. The summed E-state index contributed by atoms with van der Waals surface area (Å²) < 4.78 is 19.3. The molecule has 2 aromatic rings. The molecular weight excluding hydrogens is 326 g/mol. The van der Waals surface area contributed by atoms with Crippen LogP contribution in [0.15, 0.2) is 12.7 Å². The van der Waals surface area contributed by atoms with Gasteiger partial charge in [0.15, 0.2) is 17.7 Å². The van der Waals surface area contributed by atoms with Gasteiger partial charge in [-0.2, -0.15) is 0 Å². The van der Waals surface area contributed by atoms with Crippen LogP contribution in [0.1, 0.15) is 33.9 Å². The van der Waals surface area contributed by atoms with Crippen LogP contribution in [0, 0.1) is 0 Å². The van der Waals surface area contributed by atoms with E-state index in [0.717, 1.165) is 0 Å². The van der Waals surface area contributed by atoms with E-state index >= 15 is 0 Å². The highest BCUT2D eigenvalue weighted by atomic mass is 16.6. The number of imidazole rings is 1. The lowest BCUT2D eigenvalue weighted by Gasteiger charge is -2.23. The molecule has 1 aliphatic heterocycles. The molecule has 0 radical (unpaired) electrons. The minimum Gasteiger partial charge on any atom is -0.386 e. The van der Waals surface area contributed by atoms with Crippen LogP contribution in [-0.2, 0) is 14.2 Å². The topological polar surface area (TPSA) is 118 Å². The summed E-state index contributed by atoms with van der Waals surface area (Å²) in [6.45, 7) is 8.06. The molecule has 25 heavy (non-hydrogen) atoms. The van der Waals surface area contributed by atoms with Crippen LogP contribution in [0.25, 0.3) is 11.2 Å². The highest BCUT2D eigenvalue weighted by molar-refractivity contribution is 5.81. The molecule has 2 aromatic heterocycles. The largest absolute Gasteiger partial charge is 0.386 e. The SMILES string of the molecule is CC(C)OC[C@H]1O[C@@H](n2cnc3c(N)ncnc32)[C@H](O)[C@@H]1OC(C)C. The number of aromatic nitrogens is 4. The highest BCUT2D eigenvalue weighted by Gasteiger charge is 2.46. The van der Waals surface area contributed by atoms with Crippen molar-refractivity contribution >= 4 is 17.0 Å². The minimum absolute atomic E-state index is 0.0546. The molecule has 4 atom stereocenters. The number of aliphatic hydroxyl groups excluding tert-OH is 1. The fourth-order valence-electron chi connectivity index (χ4n) is 2.91. The lowest BCUT2D eigenvalue weighted by atomic mass is 10.1. The van der Waals surface area contributed by atoms with Gasteiger partial charge in [-0.1, -0.05) is 0 Å². The number of aliphatic hydroxyl groups is 1. The smallest absolute Gasteiger partial charge is 0.167 e. The Morgan fingerprint density at radius 1 is 1.24 bits per heavy atom. The van der Waals surface area contributed by atoms with E-state index in [4.69, 9.17) is 19.9 Å². The van der Waals surface area contributed by atoms with Crippen LogP contribution in [0.3, 0.4) is 0 Å². The lowest BCUT2D eigenvalue weighted by Crippen LogP contribution is -2.38. The van der Waals surface area contributed by atoms with Gasteiger partial charge in [0.05, 0.1) is 25.1 Å². The van der Waals surface area contributed by atoms with Gasteiger partial charge in [-0.15, -0.1) is 0 Å². The van der Waals surface area contributed by atoms with E-state index in [9.17, 15) is 5.11 Å². The molecule has 3 rings (SSSR count). The van der Waals surface area contributed by atoms with Gasteiger partial charge in [0, 0.05) is 0 Å². The van der Waals surface area contributed by atoms with Gasteiger partial charge in [0.1, 0.15) is 30.2 Å². The van der Waals surface area contributed by atoms with E-state index in [1.54, 1.807) is 10.9 Å². The molecule has 9 nitrogen and oxygen atoms in total. The standard InChI is InChI=1S/C16H25N5O4/c1-8(2)23-5-10-13(24-9(3)4)12(22)16(25-10)21-7-20-11-14(17)18-6-19-15(11)21/h6-10,12-13,16,22H,5H2,1-4H3,(H2,17,18,19)/t10-,12-,13-,16-/m1/s1. The number of nitrogens with zero attached hydrogens (tertiary/aromatic N) is 4. The summed E-state index contributed by atoms with van der Waals surface area (Å²) in [6.07, 6.45) is 0.407. The Morgan fingerprint density at radius 2 is 2.00 bits per heavy atom. The summed E-state index contributed by atoms with van der Waals surface area (Å²) in [5.74, 6) is 0.283. The van der Waals surface area contributed by atoms with Crippen LogP contribution >= 0.6 is 0 Å². The van der Waals surface area contributed by atoms with E-state index in [2.05, 4.69) is 15.0 Å². The van der Waals surface area contributed by atoms with Gasteiger partial charge in [-0.05, 0) is 27.7 Å². The second-order valence-corrected chi connectivity index (χ2v) is 6.67. The zero-order valence-electron chi connectivity index (χ0n) is 14.9. The van der Waals surface area contributed by atoms with Gasteiger partial charge in [0.2, 0.25) is 0 Å². The zero-order chi connectivity index (χ0) is 18.1. The molecule has 0 bridgehead atoms. The van der Waals surface area contributed by atoms with Crippen LogP contribution in [0.2, 0.25) is 0 Å². The zero-order valence-corrected chi connectivity index (χ0v) is 14.9. The molecule has 1 fully saturated rings. The van der Waals surface area contributed by atoms with E-state index in [1.807, 2.05) is 27.7 Å². The summed E-state index contributed by atoms with van der Waals surface area (Å²) >= 11 is 0. The summed E-state index contributed by atoms with van der Waals surface area (Å²) in [5.41, 5.74) is 6.81. The third-order valence-corrected chi connectivity index (χ3v) is 3.99.